The molecule has 0 spiro atoms. The summed E-state index contributed by atoms with van der Waals surface area (Å²) in [4.78, 5) is 6.25. The van der Waals surface area contributed by atoms with Gasteiger partial charge in [0.2, 0.25) is 0 Å². The third-order valence-electron chi connectivity index (χ3n) is 3.48. The van der Waals surface area contributed by atoms with Crippen LogP contribution < -0.4 is 14.7 Å². The number of anilines is 3. The SMILES string of the molecule is CN(C)[c-]1cccc1.CN(C)[c-]1cccc1.CN(C)[c-]1cccc1.[Hf]. The summed E-state index contributed by atoms with van der Waals surface area (Å²) < 4.78 is 0. The second-order valence-corrected chi connectivity index (χ2v) is 6.11. The molecule has 0 atom stereocenters. The Morgan fingerprint density at radius 1 is 0.400 bits per heavy atom. The zero-order chi connectivity index (χ0) is 17.9. The minimum atomic E-state index is 0. The van der Waals surface area contributed by atoms with Gasteiger partial charge in [0.1, 0.15) is 0 Å². The van der Waals surface area contributed by atoms with Crippen LogP contribution in [-0.2, 0) is 25.8 Å². The fraction of sp³-hybridized carbons (Fsp3) is 0.286. The third-order valence-corrected chi connectivity index (χ3v) is 3.48. The van der Waals surface area contributed by atoms with Crippen LogP contribution in [0.2, 0.25) is 0 Å². The molecule has 0 aliphatic carbocycles. The summed E-state index contributed by atoms with van der Waals surface area (Å²) in [5, 5.41) is 0. The molecule has 0 aromatic heterocycles. The molecule has 3 nitrogen and oxygen atoms in total. The van der Waals surface area contributed by atoms with Crippen molar-refractivity contribution in [3.63, 3.8) is 0 Å². The van der Waals surface area contributed by atoms with E-state index in [1.807, 2.05) is 78.7 Å². The predicted molar refractivity (Wildman–Crippen MR) is 109 cm³/mol. The van der Waals surface area contributed by atoms with Crippen LogP contribution in [-0.4, -0.2) is 42.3 Å². The minimum Gasteiger partial charge on any atom is -0.429 e. The molecule has 0 fully saturated rings. The van der Waals surface area contributed by atoms with Gasteiger partial charge in [0.25, 0.3) is 0 Å². The van der Waals surface area contributed by atoms with Gasteiger partial charge in [-0.3, -0.25) is 0 Å². The van der Waals surface area contributed by atoms with Crippen LogP contribution in [0, 0.1) is 0 Å². The molecular weight excluding hydrogens is 473 g/mol. The van der Waals surface area contributed by atoms with E-state index >= 15 is 0 Å². The zero-order valence-corrected chi connectivity index (χ0v) is 19.9. The smallest absolute Gasteiger partial charge is 0 e. The number of rotatable bonds is 3. The number of hydrogen-bond donors (Lipinski definition) is 0. The van der Waals surface area contributed by atoms with Crippen molar-refractivity contribution in [3.8, 4) is 0 Å². The molecule has 0 aliphatic heterocycles. The maximum absolute atomic E-state index is 2.08. The van der Waals surface area contributed by atoms with Crippen LogP contribution >= 0.6 is 0 Å². The van der Waals surface area contributed by atoms with Crippen LogP contribution in [0.1, 0.15) is 0 Å². The molecule has 3 aromatic carbocycles. The first kappa shape index (κ1) is 23.3. The molecule has 0 N–H and O–H groups in total. The van der Waals surface area contributed by atoms with Crippen molar-refractivity contribution >= 4 is 17.1 Å². The van der Waals surface area contributed by atoms with Crippen LogP contribution in [0.15, 0.2) is 72.8 Å². The molecule has 0 saturated carbocycles. The molecule has 25 heavy (non-hydrogen) atoms. The fourth-order valence-corrected chi connectivity index (χ4v) is 1.99. The molecule has 0 saturated heterocycles. The van der Waals surface area contributed by atoms with Crippen molar-refractivity contribution < 1.29 is 25.8 Å². The minimum absolute atomic E-state index is 0. The summed E-state index contributed by atoms with van der Waals surface area (Å²) in [6.07, 6.45) is 0. The number of nitrogens with zero attached hydrogens (tertiary/aromatic N) is 3. The molecule has 3 rings (SSSR count). The van der Waals surface area contributed by atoms with Gasteiger partial charge in [-0.25, -0.2) is 36.4 Å². The van der Waals surface area contributed by atoms with Crippen molar-refractivity contribution in [1.82, 2.24) is 0 Å². The van der Waals surface area contributed by atoms with Gasteiger partial charge in [0.15, 0.2) is 0 Å². The fourth-order valence-electron chi connectivity index (χ4n) is 1.99. The Morgan fingerprint density at radius 2 is 0.560 bits per heavy atom. The van der Waals surface area contributed by atoms with E-state index in [1.54, 1.807) is 0 Å². The van der Waals surface area contributed by atoms with Gasteiger partial charge < -0.3 is 14.7 Å². The Bertz CT molecular complexity index is 515. The average Bonchev–Trinajstić information content (AvgIpc) is 3.29. The Hall–Kier alpha value is -1.68. The van der Waals surface area contributed by atoms with E-state index in [1.165, 1.54) is 17.1 Å². The maximum Gasteiger partial charge on any atom is 0 e. The quantitative estimate of drug-likeness (QED) is 0.388. The first-order valence-corrected chi connectivity index (χ1v) is 8.09. The first-order chi connectivity index (χ1) is 11.4. The van der Waals surface area contributed by atoms with Gasteiger partial charge in [0.05, 0.1) is 0 Å². The zero-order valence-electron chi connectivity index (χ0n) is 16.3. The van der Waals surface area contributed by atoms with Gasteiger partial charge in [-0.1, -0.05) is 17.1 Å². The molecule has 136 valence electrons. The molecule has 3 aromatic rings. The Kier molecular flexibility index (Phi) is 11.8. The molecule has 0 aliphatic rings. The molecule has 0 amide bonds. The normalized spacial score (nSPS) is 8.88. The predicted octanol–water partition coefficient (Wildman–Crippen LogP) is 4.41. The van der Waals surface area contributed by atoms with E-state index in [-0.39, 0.29) is 25.8 Å². The Labute approximate surface area is 172 Å². The van der Waals surface area contributed by atoms with Gasteiger partial charge in [0, 0.05) is 25.8 Å². The van der Waals surface area contributed by atoms with Crippen LogP contribution in [0.5, 0.6) is 0 Å². The van der Waals surface area contributed by atoms with E-state index in [9.17, 15) is 0 Å². The van der Waals surface area contributed by atoms with Crippen molar-refractivity contribution in [2.45, 2.75) is 0 Å². The molecule has 0 unspecified atom stereocenters. The van der Waals surface area contributed by atoms with Crippen molar-refractivity contribution in [3.05, 3.63) is 72.8 Å². The van der Waals surface area contributed by atoms with E-state index in [0.29, 0.717) is 0 Å². The summed E-state index contributed by atoms with van der Waals surface area (Å²) in [6, 6.07) is 24.7. The van der Waals surface area contributed by atoms with Gasteiger partial charge >= 0.3 is 0 Å². The van der Waals surface area contributed by atoms with E-state index in [4.69, 9.17) is 0 Å². The molecule has 4 heteroatoms. The standard InChI is InChI=1S/3C7H10N.Hf/c3*1-8(2)7-5-3-4-6-7;/h3*3-6H,1-2H3;/q3*-1;. The molecular formula is C21H30HfN3-3. The summed E-state index contributed by atoms with van der Waals surface area (Å²) in [5.74, 6) is 0. The molecule has 0 bridgehead atoms. The topological polar surface area (TPSA) is 9.72 Å². The van der Waals surface area contributed by atoms with E-state index < -0.39 is 0 Å². The third kappa shape index (κ3) is 9.40. The molecule has 0 radical (unpaired) electrons. The van der Waals surface area contributed by atoms with E-state index in [0.717, 1.165) is 0 Å². The monoisotopic (exact) mass is 504 g/mol. The van der Waals surface area contributed by atoms with Crippen LogP contribution in [0.25, 0.3) is 0 Å². The maximum atomic E-state index is 2.08. The largest absolute Gasteiger partial charge is 0.429 e. The first-order valence-electron chi connectivity index (χ1n) is 8.09. The van der Waals surface area contributed by atoms with Crippen molar-refractivity contribution in [2.24, 2.45) is 0 Å². The van der Waals surface area contributed by atoms with E-state index in [2.05, 4.69) is 51.1 Å². The second kappa shape index (κ2) is 12.6. The Balaban J connectivity index is 0.000000339. The van der Waals surface area contributed by atoms with Crippen LogP contribution in [0.4, 0.5) is 17.1 Å². The second-order valence-electron chi connectivity index (χ2n) is 6.11. The summed E-state index contributed by atoms with van der Waals surface area (Å²) in [5.41, 5.74) is 3.81. The van der Waals surface area contributed by atoms with Crippen molar-refractivity contribution in [2.75, 3.05) is 57.0 Å². The Morgan fingerprint density at radius 3 is 0.640 bits per heavy atom. The van der Waals surface area contributed by atoms with Gasteiger partial charge in [-0.2, -0.15) is 36.4 Å². The number of hydrogen-bond acceptors (Lipinski definition) is 3. The average molecular weight is 503 g/mol. The molecule has 0 heterocycles. The van der Waals surface area contributed by atoms with Gasteiger partial charge in [-0.15, -0.1) is 0 Å². The van der Waals surface area contributed by atoms with Gasteiger partial charge in [-0.05, 0) is 42.3 Å². The summed E-state index contributed by atoms with van der Waals surface area (Å²) in [7, 11) is 12.2. The summed E-state index contributed by atoms with van der Waals surface area (Å²) >= 11 is 0. The van der Waals surface area contributed by atoms with Crippen LogP contribution in [0.3, 0.4) is 0 Å². The van der Waals surface area contributed by atoms with Crippen molar-refractivity contribution in [1.29, 1.82) is 0 Å². The summed E-state index contributed by atoms with van der Waals surface area (Å²) in [6.45, 7) is 0.